The standard InChI is InChI=1S/C9H16ClN5/c1-4-5-15(6(2)3)9-13-7(10)12-8(11)14-9/h6H,4-5H2,1-3H3,(H2,11,12,13,14). The lowest BCUT2D eigenvalue weighted by atomic mass is 10.3. The van der Waals surface area contributed by atoms with Crippen LogP contribution in [0.25, 0.3) is 0 Å². The highest BCUT2D eigenvalue weighted by Crippen LogP contribution is 2.14. The molecule has 0 radical (unpaired) electrons. The minimum Gasteiger partial charge on any atom is -0.368 e. The number of anilines is 2. The quantitative estimate of drug-likeness (QED) is 0.852. The third-order valence-corrected chi connectivity index (χ3v) is 2.13. The molecule has 0 aliphatic rings. The van der Waals surface area contributed by atoms with Crippen molar-refractivity contribution in [3.63, 3.8) is 0 Å². The van der Waals surface area contributed by atoms with Crippen LogP contribution in [-0.2, 0) is 0 Å². The lowest BCUT2D eigenvalue weighted by Gasteiger charge is -2.26. The Hall–Kier alpha value is -1.10. The lowest BCUT2D eigenvalue weighted by Crippen LogP contribution is -2.33. The molecular weight excluding hydrogens is 214 g/mol. The zero-order chi connectivity index (χ0) is 11.4. The van der Waals surface area contributed by atoms with E-state index in [4.69, 9.17) is 17.3 Å². The molecule has 1 aromatic rings. The molecule has 0 aliphatic heterocycles. The Bertz CT molecular complexity index is 308. The van der Waals surface area contributed by atoms with Crippen molar-refractivity contribution in [1.82, 2.24) is 15.0 Å². The molecule has 1 rings (SSSR count). The fourth-order valence-corrected chi connectivity index (χ4v) is 1.48. The summed E-state index contributed by atoms with van der Waals surface area (Å²) >= 11 is 5.73. The molecule has 0 saturated carbocycles. The maximum atomic E-state index is 5.73. The molecule has 5 nitrogen and oxygen atoms in total. The summed E-state index contributed by atoms with van der Waals surface area (Å²) in [5, 5.41) is 0.138. The van der Waals surface area contributed by atoms with Crippen molar-refractivity contribution in [3.8, 4) is 0 Å². The van der Waals surface area contributed by atoms with E-state index >= 15 is 0 Å². The summed E-state index contributed by atoms with van der Waals surface area (Å²) in [6.07, 6.45) is 1.02. The van der Waals surface area contributed by atoms with E-state index in [1.54, 1.807) is 0 Å². The number of aromatic nitrogens is 3. The van der Waals surface area contributed by atoms with Crippen LogP contribution < -0.4 is 10.6 Å². The molecule has 0 saturated heterocycles. The zero-order valence-corrected chi connectivity index (χ0v) is 9.99. The average Bonchev–Trinajstić information content (AvgIpc) is 2.11. The first-order valence-electron chi connectivity index (χ1n) is 4.98. The molecule has 0 amide bonds. The van der Waals surface area contributed by atoms with Crippen molar-refractivity contribution in [2.24, 2.45) is 0 Å². The van der Waals surface area contributed by atoms with Crippen molar-refractivity contribution >= 4 is 23.5 Å². The van der Waals surface area contributed by atoms with Gasteiger partial charge in [-0.2, -0.15) is 15.0 Å². The number of nitrogens with two attached hydrogens (primary N) is 1. The molecule has 0 atom stereocenters. The Morgan fingerprint density at radius 3 is 2.47 bits per heavy atom. The highest BCUT2D eigenvalue weighted by atomic mass is 35.5. The van der Waals surface area contributed by atoms with Gasteiger partial charge in [-0.1, -0.05) is 6.92 Å². The molecule has 1 heterocycles. The molecule has 0 unspecified atom stereocenters. The van der Waals surface area contributed by atoms with Gasteiger partial charge in [-0.25, -0.2) is 0 Å². The monoisotopic (exact) mass is 229 g/mol. The Morgan fingerprint density at radius 1 is 1.33 bits per heavy atom. The molecule has 0 fully saturated rings. The van der Waals surface area contributed by atoms with Gasteiger partial charge in [0.05, 0.1) is 0 Å². The summed E-state index contributed by atoms with van der Waals surface area (Å²) in [5.74, 6) is 0.705. The molecule has 2 N–H and O–H groups in total. The van der Waals surface area contributed by atoms with Crippen LogP contribution in [-0.4, -0.2) is 27.5 Å². The lowest BCUT2D eigenvalue weighted by molar-refractivity contribution is 0.650. The Labute approximate surface area is 94.7 Å². The van der Waals surface area contributed by atoms with Gasteiger partial charge in [-0.15, -0.1) is 0 Å². The highest BCUT2D eigenvalue weighted by molar-refractivity contribution is 6.28. The van der Waals surface area contributed by atoms with Crippen molar-refractivity contribution in [2.45, 2.75) is 33.2 Å². The zero-order valence-electron chi connectivity index (χ0n) is 9.24. The van der Waals surface area contributed by atoms with Crippen LogP contribution in [0.4, 0.5) is 11.9 Å². The SMILES string of the molecule is CCCN(c1nc(N)nc(Cl)n1)C(C)C. The third kappa shape index (κ3) is 3.20. The number of halogens is 1. The second kappa shape index (κ2) is 5.11. The Morgan fingerprint density at radius 2 is 2.00 bits per heavy atom. The third-order valence-electron chi connectivity index (χ3n) is 1.96. The molecular formula is C9H16ClN5. The number of nitrogen functional groups attached to an aromatic ring is 1. The predicted molar refractivity (Wildman–Crippen MR) is 62.0 cm³/mol. The second-order valence-corrected chi connectivity index (χ2v) is 3.89. The molecule has 6 heteroatoms. The van der Waals surface area contributed by atoms with E-state index in [1.807, 2.05) is 4.90 Å². The van der Waals surface area contributed by atoms with E-state index in [-0.39, 0.29) is 11.2 Å². The van der Waals surface area contributed by atoms with Gasteiger partial charge in [0, 0.05) is 12.6 Å². The largest absolute Gasteiger partial charge is 0.368 e. The molecule has 84 valence electrons. The molecule has 0 spiro atoms. The smallest absolute Gasteiger partial charge is 0.231 e. The van der Waals surface area contributed by atoms with Gasteiger partial charge in [-0.3, -0.25) is 0 Å². The molecule has 0 bridgehead atoms. The van der Waals surface area contributed by atoms with Gasteiger partial charge in [0.1, 0.15) is 0 Å². The van der Waals surface area contributed by atoms with Gasteiger partial charge in [0.2, 0.25) is 17.2 Å². The van der Waals surface area contributed by atoms with Crippen molar-refractivity contribution in [2.75, 3.05) is 17.2 Å². The van der Waals surface area contributed by atoms with Crippen LogP contribution in [0, 0.1) is 0 Å². The van der Waals surface area contributed by atoms with Gasteiger partial charge < -0.3 is 10.6 Å². The van der Waals surface area contributed by atoms with E-state index in [9.17, 15) is 0 Å². The van der Waals surface area contributed by atoms with E-state index in [0.29, 0.717) is 12.0 Å². The minimum atomic E-state index is 0.138. The van der Waals surface area contributed by atoms with Crippen molar-refractivity contribution < 1.29 is 0 Å². The summed E-state index contributed by atoms with van der Waals surface area (Å²) in [5.41, 5.74) is 5.52. The summed E-state index contributed by atoms with van der Waals surface area (Å²) in [4.78, 5) is 13.9. The Balaban J connectivity index is 2.99. The number of hydrogen-bond donors (Lipinski definition) is 1. The topological polar surface area (TPSA) is 67.9 Å². The van der Waals surface area contributed by atoms with E-state index in [0.717, 1.165) is 13.0 Å². The first kappa shape index (κ1) is 12.0. The summed E-state index contributed by atoms with van der Waals surface area (Å²) in [6.45, 7) is 7.12. The Kier molecular flexibility index (Phi) is 4.08. The highest BCUT2D eigenvalue weighted by Gasteiger charge is 2.14. The molecule has 0 aliphatic carbocycles. The van der Waals surface area contributed by atoms with Crippen molar-refractivity contribution in [3.05, 3.63) is 5.28 Å². The molecule has 1 aromatic heterocycles. The summed E-state index contributed by atoms with van der Waals surface area (Å²) < 4.78 is 0. The summed E-state index contributed by atoms with van der Waals surface area (Å²) in [6, 6.07) is 0.308. The normalized spacial score (nSPS) is 10.7. The van der Waals surface area contributed by atoms with Crippen molar-refractivity contribution in [1.29, 1.82) is 0 Å². The molecule has 0 aromatic carbocycles. The fourth-order valence-electron chi connectivity index (χ4n) is 1.31. The molecule has 15 heavy (non-hydrogen) atoms. The fraction of sp³-hybridized carbons (Fsp3) is 0.667. The predicted octanol–water partition coefficient (Wildman–Crippen LogP) is 1.73. The van der Waals surface area contributed by atoms with Crippen LogP contribution in [0.1, 0.15) is 27.2 Å². The minimum absolute atomic E-state index is 0.138. The van der Waals surface area contributed by atoms with Crippen LogP contribution in [0.5, 0.6) is 0 Å². The van der Waals surface area contributed by atoms with Gasteiger partial charge in [0.25, 0.3) is 0 Å². The van der Waals surface area contributed by atoms with Crippen LogP contribution in [0.15, 0.2) is 0 Å². The van der Waals surface area contributed by atoms with Gasteiger partial charge in [0.15, 0.2) is 0 Å². The van der Waals surface area contributed by atoms with Gasteiger partial charge >= 0.3 is 0 Å². The second-order valence-electron chi connectivity index (χ2n) is 3.55. The van der Waals surface area contributed by atoms with E-state index in [1.165, 1.54) is 0 Å². The van der Waals surface area contributed by atoms with Crippen LogP contribution in [0.3, 0.4) is 0 Å². The first-order valence-corrected chi connectivity index (χ1v) is 5.36. The maximum Gasteiger partial charge on any atom is 0.231 e. The van der Waals surface area contributed by atoms with Gasteiger partial charge in [-0.05, 0) is 31.9 Å². The summed E-state index contributed by atoms with van der Waals surface area (Å²) in [7, 11) is 0. The van der Waals surface area contributed by atoms with Crippen LogP contribution in [0.2, 0.25) is 5.28 Å². The first-order chi connectivity index (χ1) is 7.04. The van der Waals surface area contributed by atoms with Crippen LogP contribution >= 0.6 is 11.6 Å². The number of nitrogens with zero attached hydrogens (tertiary/aromatic N) is 4. The maximum absolute atomic E-state index is 5.73. The number of hydrogen-bond acceptors (Lipinski definition) is 5. The van der Waals surface area contributed by atoms with E-state index in [2.05, 4.69) is 35.7 Å². The number of rotatable bonds is 4. The van der Waals surface area contributed by atoms with E-state index < -0.39 is 0 Å². The average molecular weight is 230 g/mol.